The van der Waals surface area contributed by atoms with E-state index in [1.165, 1.54) is 18.2 Å². The van der Waals surface area contributed by atoms with E-state index < -0.39 is 39.6 Å². The summed E-state index contributed by atoms with van der Waals surface area (Å²) in [5.74, 6) is -4.64. The molecule has 4 N–H and O–H groups in total. The van der Waals surface area contributed by atoms with Crippen molar-refractivity contribution in [3.63, 3.8) is 0 Å². The van der Waals surface area contributed by atoms with Crippen LogP contribution in [0, 0.1) is 17.6 Å². The summed E-state index contributed by atoms with van der Waals surface area (Å²) in [6.45, 7) is 0. The Bertz CT molecular complexity index is 1370. The van der Waals surface area contributed by atoms with E-state index in [2.05, 4.69) is 10.6 Å². The lowest BCUT2D eigenvalue weighted by Gasteiger charge is -2.11. The van der Waals surface area contributed by atoms with Gasteiger partial charge in [-0.25, -0.2) is 8.78 Å². The SMILES string of the molecule is Nc1cc(NC(=O)c2cc(NC(=O)[C@H]3C(c4ccc(Cl)c(Cl)c4)C3(Cl)Cl)ccc2Cl)c(F)cc1F. The van der Waals surface area contributed by atoms with Gasteiger partial charge in [0.15, 0.2) is 0 Å². The summed E-state index contributed by atoms with van der Waals surface area (Å²) in [6, 6.07) is 10.5. The van der Waals surface area contributed by atoms with Crippen LogP contribution in [0.4, 0.5) is 25.8 Å². The first kappa shape index (κ1) is 25.8. The number of anilines is 3. The number of nitrogen functional groups attached to an aromatic ring is 1. The second kappa shape index (κ2) is 9.64. The topological polar surface area (TPSA) is 84.2 Å². The highest BCUT2D eigenvalue weighted by Gasteiger charge is 2.67. The second-order valence-corrected chi connectivity index (χ2v) is 10.5. The van der Waals surface area contributed by atoms with Crippen molar-refractivity contribution in [1.82, 2.24) is 0 Å². The molecule has 2 amide bonds. The molecule has 1 aliphatic carbocycles. The van der Waals surface area contributed by atoms with Gasteiger partial charge in [0.05, 0.1) is 37.9 Å². The van der Waals surface area contributed by atoms with Gasteiger partial charge in [0.1, 0.15) is 16.0 Å². The molecule has 1 aliphatic rings. The zero-order chi connectivity index (χ0) is 25.7. The van der Waals surface area contributed by atoms with Crippen LogP contribution in [0.5, 0.6) is 0 Å². The van der Waals surface area contributed by atoms with Crippen LogP contribution in [0.1, 0.15) is 21.8 Å². The lowest BCUT2D eigenvalue weighted by Crippen LogP contribution is -2.18. The number of halogens is 7. The maximum Gasteiger partial charge on any atom is 0.257 e. The summed E-state index contributed by atoms with van der Waals surface area (Å²) in [4.78, 5) is 25.6. The number of nitrogens with one attached hydrogen (secondary N) is 2. The highest BCUT2D eigenvalue weighted by molar-refractivity contribution is 6.53. The Kier molecular flexibility index (Phi) is 7.10. The number of carbonyl (C=O) groups is 2. The minimum atomic E-state index is -1.38. The fourth-order valence-corrected chi connectivity index (χ4v) is 4.96. The van der Waals surface area contributed by atoms with Crippen molar-refractivity contribution in [2.75, 3.05) is 16.4 Å². The predicted octanol–water partition coefficient (Wildman–Crippen LogP) is 7.29. The van der Waals surface area contributed by atoms with Crippen molar-refractivity contribution in [2.45, 2.75) is 10.3 Å². The van der Waals surface area contributed by atoms with Gasteiger partial charge in [-0.2, -0.15) is 0 Å². The summed E-state index contributed by atoms with van der Waals surface area (Å²) in [5.41, 5.74) is 5.53. The molecule has 35 heavy (non-hydrogen) atoms. The lowest BCUT2D eigenvalue weighted by atomic mass is 10.1. The molecular formula is C23H14Cl5F2N3O2. The third kappa shape index (κ3) is 5.15. The Morgan fingerprint density at radius 3 is 2.23 bits per heavy atom. The van der Waals surface area contributed by atoms with Crippen LogP contribution >= 0.6 is 58.0 Å². The second-order valence-electron chi connectivity index (χ2n) is 7.79. The van der Waals surface area contributed by atoms with Crippen molar-refractivity contribution < 1.29 is 18.4 Å². The molecule has 0 radical (unpaired) electrons. The Morgan fingerprint density at radius 1 is 0.857 bits per heavy atom. The van der Waals surface area contributed by atoms with Gasteiger partial charge in [-0.3, -0.25) is 9.59 Å². The van der Waals surface area contributed by atoms with Gasteiger partial charge < -0.3 is 16.4 Å². The minimum absolute atomic E-state index is 0.0279. The van der Waals surface area contributed by atoms with Gasteiger partial charge in [0.2, 0.25) is 5.91 Å². The smallest absolute Gasteiger partial charge is 0.257 e. The molecule has 2 atom stereocenters. The molecule has 12 heteroatoms. The summed E-state index contributed by atoms with van der Waals surface area (Å²) in [7, 11) is 0. The van der Waals surface area contributed by atoms with Crippen LogP contribution in [0.3, 0.4) is 0 Å². The highest BCUT2D eigenvalue weighted by Crippen LogP contribution is 2.65. The number of nitrogens with two attached hydrogens (primary N) is 1. The van der Waals surface area contributed by atoms with E-state index in [0.717, 1.165) is 6.07 Å². The van der Waals surface area contributed by atoms with E-state index in [4.69, 9.17) is 63.7 Å². The van der Waals surface area contributed by atoms with Crippen LogP contribution in [0.2, 0.25) is 15.1 Å². The molecule has 4 rings (SSSR count). The van der Waals surface area contributed by atoms with Crippen LogP contribution in [0.15, 0.2) is 48.5 Å². The van der Waals surface area contributed by atoms with Crippen molar-refractivity contribution in [3.05, 3.63) is 86.4 Å². The maximum atomic E-state index is 14.0. The minimum Gasteiger partial charge on any atom is -0.396 e. The molecule has 1 unspecified atom stereocenters. The summed E-state index contributed by atoms with van der Waals surface area (Å²) in [5, 5.41) is 5.60. The molecule has 3 aromatic carbocycles. The number of carbonyl (C=O) groups excluding carboxylic acids is 2. The fraction of sp³-hybridized carbons (Fsp3) is 0.130. The molecule has 182 valence electrons. The quantitative estimate of drug-likeness (QED) is 0.219. The summed E-state index contributed by atoms with van der Waals surface area (Å²) in [6.07, 6.45) is 0. The first-order valence-corrected chi connectivity index (χ1v) is 11.8. The van der Waals surface area contributed by atoms with Crippen molar-refractivity contribution >= 4 is 86.9 Å². The maximum absolute atomic E-state index is 14.0. The average molecular weight is 580 g/mol. The highest BCUT2D eigenvalue weighted by atomic mass is 35.5. The number of hydrogen-bond acceptors (Lipinski definition) is 3. The number of amides is 2. The molecule has 0 saturated heterocycles. The van der Waals surface area contributed by atoms with Crippen LogP contribution in [-0.2, 0) is 4.79 Å². The normalized spacial score (nSPS) is 18.1. The number of rotatable bonds is 5. The summed E-state index contributed by atoms with van der Waals surface area (Å²) < 4.78 is 26.0. The lowest BCUT2D eigenvalue weighted by molar-refractivity contribution is -0.117. The van der Waals surface area contributed by atoms with E-state index in [0.29, 0.717) is 21.7 Å². The van der Waals surface area contributed by atoms with Crippen LogP contribution in [-0.4, -0.2) is 16.1 Å². The first-order valence-electron chi connectivity index (χ1n) is 9.89. The van der Waals surface area contributed by atoms with Crippen LogP contribution in [0.25, 0.3) is 0 Å². The molecule has 0 spiro atoms. The van der Waals surface area contributed by atoms with E-state index in [9.17, 15) is 18.4 Å². The Hall–Kier alpha value is -2.29. The van der Waals surface area contributed by atoms with Gasteiger partial charge >= 0.3 is 0 Å². The van der Waals surface area contributed by atoms with Crippen molar-refractivity contribution in [2.24, 2.45) is 5.92 Å². The molecular weight excluding hydrogens is 566 g/mol. The largest absolute Gasteiger partial charge is 0.396 e. The van der Waals surface area contributed by atoms with Gasteiger partial charge in [-0.1, -0.05) is 40.9 Å². The van der Waals surface area contributed by atoms with Gasteiger partial charge in [-0.15, -0.1) is 23.2 Å². The molecule has 0 heterocycles. The van der Waals surface area contributed by atoms with E-state index in [1.807, 2.05) is 0 Å². The Labute approximate surface area is 223 Å². The van der Waals surface area contributed by atoms with Gasteiger partial charge in [0, 0.05) is 17.7 Å². The first-order chi connectivity index (χ1) is 16.4. The number of alkyl halides is 2. The molecule has 1 saturated carbocycles. The number of hydrogen-bond donors (Lipinski definition) is 3. The monoisotopic (exact) mass is 577 g/mol. The number of benzene rings is 3. The third-order valence-electron chi connectivity index (χ3n) is 5.45. The van der Waals surface area contributed by atoms with E-state index in [1.54, 1.807) is 18.2 Å². The molecule has 1 fully saturated rings. The molecule has 0 bridgehead atoms. The van der Waals surface area contributed by atoms with Crippen molar-refractivity contribution in [1.29, 1.82) is 0 Å². The van der Waals surface area contributed by atoms with Gasteiger partial charge in [0.25, 0.3) is 5.91 Å². The molecule has 3 aromatic rings. The van der Waals surface area contributed by atoms with E-state index in [-0.39, 0.29) is 27.6 Å². The zero-order valence-corrected chi connectivity index (χ0v) is 21.1. The summed E-state index contributed by atoms with van der Waals surface area (Å²) >= 11 is 30.9. The fourth-order valence-electron chi connectivity index (χ4n) is 3.62. The van der Waals surface area contributed by atoms with Crippen LogP contribution < -0.4 is 16.4 Å². The predicted molar refractivity (Wildman–Crippen MR) is 136 cm³/mol. The Morgan fingerprint density at radius 2 is 1.54 bits per heavy atom. The average Bonchev–Trinajstić information content (AvgIpc) is 3.37. The molecule has 5 nitrogen and oxygen atoms in total. The van der Waals surface area contributed by atoms with E-state index >= 15 is 0 Å². The molecule has 0 aromatic heterocycles. The van der Waals surface area contributed by atoms with Gasteiger partial charge in [-0.05, 0) is 42.0 Å². The zero-order valence-electron chi connectivity index (χ0n) is 17.3. The molecule has 0 aliphatic heterocycles. The standard InChI is InChI=1S/C23H14Cl5F2N3O2/c24-12-4-2-10(6-11(12)21(34)33-18-8-17(31)15(29)7-16(18)30)32-22(35)20-19(23(20,27)28)9-1-3-13(25)14(26)5-9/h1-8,19-20H,31H2,(H,32,35)(H,33,34)/t19?,20-/m1/s1. The van der Waals surface area contributed by atoms with Crippen molar-refractivity contribution in [3.8, 4) is 0 Å². The Balaban J connectivity index is 1.52. The third-order valence-corrected chi connectivity index (χ3v) is 7.46.